The van der Waals surface area contributed by atoms with Gasteiger partial charge in [0, 0.05) is 16.6 Å². The molecule has 0 aliphatic rings. The van der Waals surface area contributed by atoms with E-state index in [0.29, 0.717) is 22.7 Å². The fourth-order valence-electron chi connectivity index (χ4n) is 3.34. The van der Waals surface area contributed by atoms with Crippen LogP contribution in [0, 0.1) is 0 Å². The summed E-state index contributed by atoms with van der Waals surface area (Å²) in [5.74, 6) is 0.718. The van der Waals surface area contributed by atoms with Crippen molar-refractivity contribution in [1.82, 2.24) is 14.8 Å². The summed E-state index contributed by atoms with van der Waals surface area (Å²) in [4.78, 5) is 17.3. The molecule has 0 saturated heterocycles. The molecule has 29 heavy (non-hydrogen) atoms. The number of fused-ring (bicyclic) bond motifs is 3. The Kier molecular flexibility index (Phi) is 4.30. The molecule has 0 aliphatic carbocycles. The Bertz CT molecular complexity index is 1370. The second-order valence-electron chi connectivity index (χ2n) is 6.73. The van der Waals surface area contributed by atoms with E-state index in [2.05, 4.69) is 10.1 Å². The van der Waals surface area contributed by atoms with Gasteiger partial charge in [-0.1, -0.05) is 41.9 Å². The van der Waals surface area contributed by atoms with Gasteiger partial charge in [0.2, 0.25) is 0 Å². The van der Waals surface area contributed by atoms with Crippen LogP contribution in [0.4, 0.5) is 0 Å². The van der Waals surface area contributed by atoms with Crippen LogP contribution in [0.15, 0.2) is 83.8 Å². The molecule has 0 aliphatic heterocycles. The first-order chi connectivity index (χ1) is 14.2. The van der Waals surface area contributed by atoms with Crippen LogP contribution in [-0.4, -0.2) is 14.8 Å². The van der Waals surface area contributed by atoms with Crippen LogP contribution in [-0.2, 0) is 6.61 Å². The zero-order valence-corrected chi connectivity index (χ0v) is 16.1. The van der Waals surface area contributed by atoms with Crippen LogP contribution in [0.2, 0.25) is 5.02 Å². The molecule has 142 valence electrons. The molecule has 0 radical (unpaired) electrons. The standard InChI is InChI=1S/C23H16ClN3O2/c24-16-6-8-17(9-7-16)27-23(28)20-13-25-21-11-10-18(12-19(21)22(20)26-27)29-14-15-4-2-1-3-5-15/h1-13,26H,14H2. The van der Waals surface area contributed by atoms with E-state index < -0.39 is 0 Å². The fourth-order valence-corrected chi connectivity index (χ4v) is 3.47. The summed E-state index contributed by atoms with van der Waals surface area (Å²) in [6, 6.07) is 22.8. The lowest BCUT2D eigenvalue weighted by molar-refractivity contribution is 0.306. The Balaban J connectivity index is 1.58. The molecule has 6 heteroatoms. The molecule has 0 fully saturated rings. The van der Waals surface area contributed by atoms with Gasteiger partial charge in [-0.15, -0.1) is 0 Å². The fraction of sp³-hybridized carbons (Fsp3) is 0.0435. The molecule has 3 aromatic carbocycles. The first-order valence-electron chi connectivity index (χ1n) is 9.15. The zero-order chi connectivity index (χ0) is 19.8. The molecule has 0 amide bonds. The van der Waals surface area contributed by atoms with E-state index in [1.807, 2.05) is 48.5 Å². The summed E-state index contributed by atoms with van der Waals surface area (Å²) < 4.78 is 7.44. The van der Waals surface area contributed by atoms with Gasteiger partial charge in [0.15, 0.2) is 0 Å². The first kappa shape index (κ1) is 17.5. The predicted octanol–water partition coefficient (Wildman–Crippen LogP) is 5.10. The van der Waals surface area contributed by atoms with Crippen LogP contribution in [0.3, 0.4) is 0 Å². The number of H-pyrrole nitrogens is 1. The Morgan fingerprint density at radius 1 is 0.966 bits per heavy atom. The van der Waals surface area contributed by atoms with Gasteiger partial charge in [0.25, 0.3) is 5.56 Å². The van der Waals surface area contributed by atoms with Crippen molar-refractivity contribution >= 4 is 33.4 Å². The SMILES string of the molecule is O=c1c2cnc3ccc(OCc4ccccc4)cc3c2[nH]n1-c1ccc(Cl)cc1. The van der Waals surface area contributed by atoms with E-state index in [1.54, 1.807) is 30.5 Å². The Labute approximate surface area is 171 Å². The zero-order valence-electron chi connectivity index (χ0n) is 15.3. The predicted molar refractivity (Wildman–Crippen MR) is 115 cm³/mol. The summed E-state index contributed by atoms with van der Waals surface area (Å²) in [6.45, 7) is 0.470. The second-order valence-corrected chi connectivity index (χ2v) is 7.17. The van der Waals surface area contributed by atoms with Gasteiger partial charge in [-0.3, -0.25) is 14.9 Å². The molecule has 2 aromatic heterocycles. The van der Waals surface area contributed by atoms with Gasteiger partial charge in [0.1, 0.15) is 12.4 Å². The van der Waals surface area contributed by atoms with E-state index in [0.717, 1.165) is 27.7 Å². The first-order valence-corrected chi connectivity index (χ1v) is 9.53. The van der Waals surface area contributed by atoms with Crippen LogP contribution in [0.25, 0.3) is 27.5 Å². The number of rotatable bonds is 4. The largest absolute Gasteiger partial charge is 0.489 e. The molecule has 1 N–H and O–H groups in total. The maximum absolute atomic E-state index is 12.9. The van der Waals surface area contributed by atoms with Crippen molar-refractivity contribution in [2.45, 2.75) is 6.61 Å². The topological polar surface area (TPSA) is 59.9 Å². The number of nitrogens with one attached hydrogen (secondary N) is 1. The second kappa shape index (κ2) is 7.11. The highest BCUT2D eigenvalue weighted by molar-refractivity contribution is 6.30. The maximum atomic E-state index is 12.9. The Morgan fingerprint density at radius 3 is 2.55 bits per heavy atom. The lowest BCUT2D eigenvalue weighted by Gasteiger charge is -2.07. The van der Waals surface area contributed by atoms with E-state index in [9.17, 15) is 4.79 Å². The third kappa shape index (κ3) is 3.26. The highest BCUT2D eigenvalue weighted by Crippen LogP contribution is 2.26. The number of aromatic amines is 1. The molecule has 0 atom stereocenters. The van der Waals surface area contributed by atoms with Crippen molar-refractivity contribution < 1.29 is 4.74 Å². The van der Waals surface area contributed by atoms with Gasteiger partial charge < -0.3 is 4.74 Å². The number of hydrogen-bond donors (Lipinski definition) is 1. The molecule has 0 saturated carbocycles. The number of pyridine rings is 1. The van der Waals surface area contributed by atoms with Gasteiger partial charge in [0.05, 0.1) is 22.1 Å². The van der Waals surface area contributed by atoms with E-state index >= 15 is 0 Å². The van der Waals surface area contributed by atoms with Gasteiger partial charge >= 0.3 is 0 Å². The quantitative estimate of drug-likeness (QED) is 0.455. The molecule has 0 unspecified atom stereocenters. The Hall–Kier alpha value is -3.57. The minimum atomic E-state index is -0.160. The minimum Gasteiger partial charge on any atom is -0.489 e. The molecule has 5 aromatic rings. The van der Waals surface area contributed by atoms with Crippen LogP contribution in [0.1, 0.15) is 5.56 Å². The summed E-state index contributed by atoms with van der Waals surface area (Å²) in [5.41, 5.74) is 3.15. The highest BCUT2D eigenvalue weighted by Gasteiger charge is 2.13. The van der Waals surface area contributed by atoms with Crippen molar-refractivity contribution in [1.29, 1.82) is 0 Å². The van der Waals surface area contributed by atoms with Gasteiger partial charge in [-0.25, -0.2) is 4.68 Å². The number of benzene rings is 3. The summed E-state index contributed by atoms with van der Waals surface area (Å²) in [7, 11) is 0. The average Bonchev–Trinajstić information content (AvgIpc) is 3.10. The van der Waals surface area contributed by atoms with Crippen LogP contribution < -0.4 is 10.3 Å². The highest BCUT2D eigenvalue weighted by atomic mass is 35.5. The summed E-state index contributed by atoms with van der Waals surface area (Å²) in [5, 5.41) is 5.18. The number of halogens is 1. The van der Waals surface area contributed by atoms with E-state index in [-0.39, 0.29) is 5.56 Å². The maximum Gasteiger partial charge on any atom is 0.280 e. The van der Waals surface area contributed by atoms with Gasteiger partial charge in [-0.05, 0) is 48.0 Å². The third-order valence-electron chi connectivity index (χ3n) is 4.83. The molecular weight excluding hydrogens is 386 g/mol. The number of aromatic nitrogens is 3. The van der Waals surface area contributed by atoms with Crippen molar-refractivity contribution in [3.05, 3.63) is 99.9 Å². The van der Waals surface area contributed by atoms with Crippen molar-refractivity contribution in [3.8, 4) is 11.4 Å². The smallest absolute Gasteiger partial charge is 0.280 e. The minimum absolute atomic E-state index is 0.160. The molecule has 2 heterocycles. The van der Waals surface area contributed by atoms with Gasteiger partial charge in [-0.2, -0.15) is 0 Å². The van der Waals surface area contributed by atoms with Crippen LogP contribution >= 0.6 is 11.6 Å². The van der Waals surface area contributed by atoms with E-state index in [4.69, 9.17) is 16.3 Å². The molecule has 0 bridgehead atoms. The van der Waals surface area contributed by atoms with E-state index in [1.165, 1.54) is 4.68 Å². The van der Waals surface area contributed by atoms with Crippen molar-refractivity contribution in [2.24, 2.45) is 0 Å². The monoisotopic (exact) mass is 401 g/mol. The Morgan fingerprint density at radius 2 is 1.76 bits per heavy atom. The molecule has 5 rings (SSSR count). The average molecular weight is 402 g/mol. The lowest BCUT2D eigenvalue weighted by Crippen LogP contribution is -2.13. The number of nitrogens with zero attached hydrogens (tertiary/aromatic N) is 2. The molecule has 5 nitrogen and oxygen atoms in total. The molecular formula is C23H16ClN3O2. The summed E-state index contributed by atoms with van der Waals surface area (Å²) >= 11 is 5.97. The lowest BCUT2D eigenvalue weighted by atomic mass is 10.1. The van der Waals surface area contributed by atoms with Crippen molar-refractivity contribution in [2.75, 3.05) is 0 Å². The third-order valence-corrected chi connectivity index (χ3v) is 5.08. The normalized spacial score (nSPS) is 11.2. The number of hydrogen-bond acceptors (Lipinski definition) is 3. The van der Waals surface area contributed by atoms with Crippen molar-refractivity contribution in [3.63, 3.8) is 0 Å². The summed E-state index contributed by atoms with van der Waals surface area (Å²) in [6.07, 6.45) is 1.60. The molecule has 0 spiro atoms. The number of ether oxygens (including phenoxy) is 1. The van der Waals surface area contributed by atoms with Crippen LogP contribution in [0.5, 0.6) is 5.75 Å².